The molecule has 3 unspecified atom stereocenters. The molecule has 2 aromatic heterocycles. The van der Waals surface area contributed by atoms with E-state index in [1.54, 1.807) is 0 Å². The first-order valence-electron chi connectivity index (χ1n) is 16.3. The van der Waals surface area contributed by atoms with Gasteiger partial charge in [-0.25, -0.2) is 0 Å². The van der Waals surface area contributed by atoms with Gasteiger partial charge in [0.15, 0.2) is 0 Å². The van der Waals surface area contributed by atoms with Gasteiger partial charge < -0.3 is 8.83 Å². The van der Waals surface area contributed by atoms with Crippen molar-refractivity contribution in [3.63, 3.8) is 0 Å². The largest absolute Gasteiger partial charge is 0.456 e. The summed E-state index contributed by atoms with van der Waals surface area (Å²) in [5.41, 5.74) is 11.1. The molecular weight excluding hydrogens is 560 g/mol. The molecular formula is C44H34O2. The van der Waals surface area contributed by atoms with E-state index in [1.807, 2.05) is 0 Å². The summed E-state index contributed by atoms with van der Waals surface area (Å²) in [6, 6.07) is 47.8. The highest BCUT2D eigenvalue weighted by Gasteiger charge is 2.33. The van der Waals surface area contributed by atoms with Crippen molar-refractivity contribution in [2.24, 2.45) is 5.92 Å². The van der Waals surface area contributed by atoms with Crippen LogP contribution in [0.2, 0.25) is 0 Å². The maximum absolute atomic E-state index is 6.38. The number of rotatable bonds is 4. The molecule has 2 nitrogen and oxygen atoms in total. The molecule has 0 fully saturated rings. The Kier molecular flexibility index (Phi) is 6.08. The summed E-state index contributed by atoms with van der Waals surface area (Å²) >= 11 is 0. The predicted molar refractivity (Wildman–Crippen MR) is 191 cm³/mol. The van der Waals surface area contributed by atoms with E-state index in [2.05, 4.69) is 159 Å². The van der Waals surface area contributed by atoms with Crippen LogP contribution in [0.15, 0.2) is 154 Å². The second kappa shape index (κ2) is 10.4. The van der Waals surface area contributed by atoms with Gasteiger partial charge in [0.2, 0.25) is 0 Å². The van der Waals surface area contributed by atoms with Gasteiger partial charge in [-0.05, 0) is 76.1 Å². The lowest BCUT2D eigenvalue weighted by atomic mass is 9.67. The van der Waals surface area contributed by atoms with Gasteiger partial charge >= 0.3 is 0 Å². The molecule has 1 aliphatic rings. The van der Waals surface area contributed by atoms with Crippen LogP contribution in [0.1, 0.15) is 37.3 Å². The van der Waals surface area contributed by atoms with Crippen LogP contribution in [0.3, 0.4) is 0 Å². The number of allylic oxidation sites excluding steroid dienone is 2. The average Bonchev–Trinajstić information content (AvgIpc) is 3.64. The quantitative estimate of drug-likeness (QED) is 0.189. The number of benzene rings is 6. The van der Waals surface area contributed by atoms with Gasteiger partial charge in [-0.15, -0.1) is 0 Å². The summed E-state index contributed by atoms with van der Waals surface area (Å²) in [6.07, 6.45) is 5.97. The van der Waals surface area contributed by atoms with Crippen LogP contribution in [0, 0.1) is 5.92 Å². The SMILES string of the molecule is CC1CC(C)(c2ccccc2)C=CC1c1ccc2oc3cc4oc5ccc(-c6ccc(-c7ccccc7)cc6)cc5c4cc3c2c1. The highest BCUT2D eigenvalue weighted by atomic mass is 16.3. The van der Waals surface area contributed by atoms with E-state index in [0.29, 0.717) is 11.8 Å². The normalized spacial score (nSPS) is 19.9. The molecule has 2 heterocycles. The van der Waals surface area contributed by atoms with E-state index in [1.165, 1.54) is 33.4 Å². The van der Waals surface area contributed by atoms with Crippen LogP contribution in [0.25, 0.3) is 66.1 Å². The Morgan fingerprint density at radius 3 is 1.74 bits per heavy atom. The summed E-state index contributed by atoms with van der Waals surface area (Å²) in [4.78, 5) is 0. The standard InChI is InChI=1S/C44H34O2/c1-28-27-44(2,34-11-7-4-8-12-34)22-21-35(28)33-18-20-41-37(24-33)39-25-38-36-23-32(17-19-40(36)45-42(38)26-43(39)46-41)31-15-13-30(14-16-31)29-9-5-3-6-10-29/h3-26,28,35H,27H2,1-2H3. The van der Waals surface area contributed by atoms with Crippen molar-refractivity contribution in [2.75, 3.05) is 0 Å². The number of hydrogen-bond acceptors (Lipinski definition) is 2. The minimum atomic E-state index is 0.0559. The molecule has 0 aliphatic heterocycles. The van der Waals surface area contributed by atoms with Gasteiger partial charge in [0.25, 0.3) is 0 Å². The van der Waals surface area contributed by atoms with Crippen LogP contribution >= 0.6 is 0 Å². The van der Waals surface area contributed by atoms with Crippen LogP contribution < -0.4 is 0 Å². The number of furan rings is 2. The molecule has 0 radical (unpaired) electrons. The molecule has 8 aromatic rings. The maximum Gasteiger partial charge on any atom is 0.139 e. The second-order valence-corrected chi connectivity index (χ2v) is 13.3. The van der Waals surface area contributed by atoms with Crippen LogP contribution in [0.4, 0.5) is 0 Å². The average molecular weight is 595 g/mol. The van der Waals surface area contributed by atoms with Gasteiger partial charge in [-0.3, -0.25) is 0 Å². The highest BCUT2D eigenvalue weighted by Crippen LogP contribution is 2.45. The molecule has 1 aliphatic carbocycles. The molecule has 9 rings (SSSR count). The van der Waals surface area contributed by atoms with E-state index >= 15 is 0 Å². The molecule has 0 saturated heterocycles. The van der Waals surface area contributed by atoms with E-state index in [-0.39, 0.29) is 5.41 Å². The fourth-order valence-electron chi connectivity index (χ4n) is 7.78. The molecule has 0 amide bonds. The van der Waals surface area contributed by atoms with Gasteiger partial charge in [-0.2, -0.15) is 0 Å². The smallest absolute Gasteiger partial charge is 0.139 e. The van der Waals surface area contributed by atoms with E-state index < -0.39 is 0 Å². The first-order valence-corrected chi connectivity index (χ1v) is 16.3. The van der Waals surface area contributed by atoms with Crippen molar-refractivity contribution in [3.8, 4) is 22.3 Å². The van der Waals surface area contributed by atoms with Crippen molar-refractivity contribution >= 4 is 43.9 Å². The first-order chi connectivity index (χ1) is 22.5. The topological polar surface area (TPSA) is 26.3 Å². The lowest BCUT2D eigenvalue weighted by Gasteiger charge is -2.37. The third kappa shape index (κ3) is 4.40. The van der Waals surface area contributed by atoms with Crippen molar-refractivity contribution in [1.82, 2.24) is 0 Å². The van der Waals surface area contributed by atoms with Crippen molar-refractivity contribution in [2.45, 2.75) is 31.6 Å². The van der Waals surface area contributed by atoms with Gasteiger partial charge in [0.05, 0.1) is 0 Å². The zero-order valence-electron chi connectivity index (χ0n) is 26.0. The molecule has 6 aromatic carbocycles. The van der Waals surface area contributed by atoms with Crippen LogP contribution in [-0.2, 0) is 5.41 Å². The summed E-state index contributed by atoms with van der Waals surface area (Å²) < 4.78 is 12.7. The molecule has 0 spiro atoms. The van der Waals surface area contributed by atoms with Crippen LogP contribution in [0.5, 0.6) is 0 Å². The fraction of sp³-hybridized carbons (Fsp3) is 0.136. The Balaban J connectivity index is 1.10. The van der Waals surface area contributed by atoms with Crippen molar-refractivity contribution in [3.05, 3.63) is 157 Å². The third-order valence-electron chi connectivity index (χ3n) is 10.3. The Bertz CT molecular complexity index is 2410. The molecule has 3 atom stereocenters. The van der Waals surface area contributed by atoms with Gasteiger partial charge in [0.1, 0.15) is 22.3 Å². The molecule has 0 N–H and O–H groups in total. The third-order valence-corrected chi connectivity index (χ3v) is 10.3. The summed E-state index contributed by atoms with van der Waals surface area (Å²) in [7, 11) is 0. The van der Waals surface area contributed by atoms with E-state index in [0.717, 1.165) is 50.3 Å². The highest BCUT2D eigenvalue weighted by molar-refractivity contribution is 6.15. The first kappa shape index (κ1) is 27.0. The zero-order chi connectivity index (χ0) is 30.8. The predicted octanol–water partition coefficient (Wildman–Crippen LogP) is 12.5. The molecule has 46 heavy (non-hydrogen) atoms. The molecule has 2 heteroatoms. The minimum Gasteiger partial charge on any atom is -0.456 e. The zero-order valence-corrected chi connectivity index (χ0v) is 26.0. The van der Waals surface area contributed by atoms with Crippen molar-refractivity contribution < 1.29 is 8.83 Å². The fourth-order valence-corrected chi connectivity index (χ4v) is 7.78. The lowest BCUT2D eigenvalue weighted by molar-refractivity contribution is 0.364. The lowest BCUT2D eigenvalue weighted by Crippen LogP contribution is -2.28. The maximum atomic E-state index is 6.38. The van der Waals surface area contributed by atoms with E-state index in [4.69, 9.17) is 8.83 Å². The van der Waals surface area contributed by atoms with Crippen molar-refractivity contribution in [1.29, 1.82) is 0 Å². The number of hydrogen-bond donors (Lipinski definition) is 0. The second-order valence-electron chi connectivity index (χ2n) is 13.3. The Labute approximate surface area is 268 Å². The Hall–Kier alpha value is -5.34. The molecule has 0 bridgehead atoms. The Morgan fingerprint density at radius 1 is 0.522 bits per heavy atom. The minimum absolute atomic E-state index is 0.0559. The monoisotopic (exact) mass is 594 g/mol. The van der Waals surface area contributed by atoms with Crippen LogP contribution in [-0.4, -0.2) is 0 Å². The summed E-state index contributed by atoms with van der Waals surface area (Å²) in [5.74, 6) is 0.871. The summed E-state index contributed by atoms with van der Waals surface area (Å²) in [6.45, 7) is 4.75. The molecule has 222 valence electrons. The summed E-state index contributed by atoms with van der Waals surface area (Å²) in [5, 5.41) is 4.53. The van der Waals surface area contributed by atoms with Gasteiger partial charge in [0, 0.05) is 38.9 Å². The molecule has 0 saturated carbocycles. The number of fused-ring (bicyclic) bond motifs is 6. The van der Waals surface area contributed by atoms with Gasteiger partial charge in [-0.1, -0.05) is 123 Å². The Morgan fingerprint density at radius 2 is 1.07 bits per heavy atom. The van der Waals surface area contributed by atoms with E-state index in [9.17, 15) is 0 Å².